The second kappa shape index (κ2) is 11.2. The molecule has 5 rings (SSSR count). The van der Waals surface area contributed by atoms with Crippen LogP contribution in [-0.4, -0.2) is 52.5 Å². The number of carbonyl (C=O) groups is 3. The summed E-state index contributed by atoms with van der Waals surface area (Å²) in [5, 5.41) is 7.36. The molecule has 8 nitrogen and oxygen atoms in total. The molecular formula is C29H27BrN4O4. The first-order valence-electron chi connectivity index (χ1n) is 12.4. The van der Waals surface area contributed by atoms with E-state index in [1.807, 2.05) is 53.6 Å². The number of methoxy groups -OCH3 is 1. The van der Waals surface area contributed by atoms with Crippen LogP contribution < -0.4 is 5.32 Å². The average molecular weight is 575 g/mol. The Morgan fingerprint density at radius 3 is 2.39 bits per heavy atom. The van der Waals surface area contributed by atoms with Gasteiger partial charge in [-0.25, -0.2) is 9.31 Å². The van der Waals surface area contributed by atoms with Gasteiger partial charge in [-0.05, 0) is 72.4 Å². The number of anilines is 1. The number of ether oxygens (including phenoxy) is 1. The molecule has 1 aliphatic rings. The molecule has 1 aliphatic heterocycles. The number of halogens is 1. The van der Waals surface area contributed by atoms with E-state index in [0.717, 1.165) is 34.1 Å². The molecule has 3 heterocycles. The maximum atomic E-state index is 13.0. The van der Waals surface area contributed by atoms with Crippen LogP contribution >= 0.6 is 15.9 Å². The minimum atomic E-state index is -0.404. The summed E-state index contributed by atoms with van der Waals surface area (Å²) in [5.74, 6) is -0.219. The predicted molar refractivity (Wildman–Crippen MR) is 147 cm³/mol. The normalized spacial score (nSPS) is 13.9. The number of likely N-dealkylation sites (tertiary alicyclic amines) is 1. The van der Waals surface area contributed by atoms with Crippen LogP contribution in [0.5, 0.6) is 0 Å². The highest BCUT2D eigenvalue weighted by atomic mass is 79.9. The standard InChI is InChI=1S/C29H27BrN4O4/c1-38-29(37)22-4-2-19(3-5-22)16-27(35)31-24-8-6-20(7-9-24)21-10-13-33(14-11-21)28(36)26-18-25-17-23(30)12-15-34(25)32-26/h2-9,12,15,17-18,21H,10-11,13-14,16H2,1H3,(H,31,35). The second-order valence-corrected chi connectivity index (χ2v) is 10.3. The van der Waals surface area contributed by atoms with E-state index >= 15 is 0 Å². The van der Waals surface area contributed by atoms with Gasteiger partial charge in [0.15, 0.2) is 5.69 Å². The van der Waals surface area contributed by atoms with Crippen LogP contribution in [0.15, 0.2) is 77.4 Å². The number of esters is 1. The molecule has 38 heavy (non-hydrogen) atoms. The lowest BCUT2D eigenvalue weighted by molar-refractivity contribution is -0.115. The van der Waals surface area contributed by atoms with E-state index in [1.165, 1.54) is 12.7 Å². The quantitative estimate of drug-likeness (QED) is 0.324. The molecule has 1 fully saturated rings. The smallest absolute Gasteiger partial charge is 0.337 e. The lowest BCUT2D eigenvalue weighted by atomic mass is 9.89. The lowest BCUT2D eigenvalue weighted by Crippen LogP contribution is -2.38. The number of piperidine rings is 1. The van der Waals surface area contributed by atoms with Gasteiger partial charge in [0.2, 0.25) is 5.91 Å². The van der Waals surface area contributed by atoms with Crippen molar-refractivity contribution in [1.29, 1.82) is 0 Å². The van der Waals surface area contributed by atoms with Crippen LogP contribution in [0.25, 0.3) is 5.52 Å². The largest absolute Gasteiger partial charge is 0.465 e. The fourth-order valence-corrected chi connectivity index (χ4v) is 5.11. The van der Waals surface area contributed by atoms with Crippen LogP contribution in [-0.2, 0) is 16.0 Å². The predicted octanol–water partition coefficient (Wildman–Crippen LogP) is 5.08. The molecule has 0 bridgehead atoms. The number of nitrogens with one attached hydrogen (secondary N) is 1. The zero-order valence-electron chi connectivity index (χ0n) is 20.9. The molecule has 2 aromatic heterocycles. The third kappa shape index (κ3) is 5.78. The number of nitrogens with zero attached hydrogens (tertiary/aromatic N) is 3. The van der Waals surface area contributed by atoms with E-state index in [1.54, 1.807) is 28.8 Å². The molecule has 2 amide bonds. The summed E-state index contributed by atoms with van der Waals surface area (Å²) in [6.45, 7) is 1.35. The average Bonchev–Trinajstić information content (AvgIpc) is 3.36. The molecule has 0 atom stereocenters. The highest BCUT2D eigenvalue weighted by Crippen LogP contribution is 2.29. The van der Waals surface area contributed by atoms with Gasteiger partial charge < -0.3 is 15.0 Å². The molecule has 194 valence electrons. The van der Waals surface area contributed by atoms with Crippen molar-refractivity contribution in [1.82, 2.24) is 14.5 Å². The molecule has 1 N–H and O–H groups in total. The molecular weight excluding hydrogens is 548 g/mol. The van der Waals surface area contributed by atoms with Gasteiger partial charge in [-0.1, -0.05) is 40.2 Å². The summed E-state index contributed by atoms with van der Waals surface area (Å²) in [5.41, 5.74) is 4.53. The van der Waals surface area contributed by atoms with Crippen molar-refractivity contribution < 1.29 is 19.1 Å². The first-order chi connectivity index (χ1) is 18.4. The van der Waals surface area contributed by atoms with E-state index < -0.39 is 5.97 Å². The van der Waals surface area contributed by atoms with Crippen molar-refractivity contribution in [3.63, 3.8) is 0 Å². The molecule has 1 saturated heterocycles. The van der Waals surface area contributed by atoms with E-state index in [-0.39, 0.29) is 18.2 Å². The highest BCUT2D eigenvalue weighted by molar-refractivity contribution is 9.10. The molecule has 0 unspecified atom stereocenters. The van der Waals surface area contributed by atoms with Gasteiger partial charge in [0.25, 0.3) is 5.91 Å². The summed E-state index contributed by atoms with van der Waals surface area (Å²) in [7, 11) is 1.34. The SMILES string of the molecule is COC(=O)c1ccc(CC(=O)Nc2ccc(C3CCN(C(=O)c4cc5cc(Br)ccn5n4)CC3)cc2)cc1. The van der Waals surface area contributed by atoms with Crippen molar-refractivity contribution in [2.24, 2.45) is 0 Å². The first-order valence-corrected chi connectivity index (χ1v) is 13.2. The molecule has 0 saturated carbocycles. The number of hydrogen-bond acceptors (Lipinski definition) is 5. The third-order valence-corrected chi connectivity index (χ3v) is 7.33. The van der Waals surface area contributed by atoms with Crippen molar-refractivity contribution in [3.05, 3.63) is 99.8 Å². The minimum absolute atomic E-state index is 0.0405. The van der Waals surface area contributed by atoms with E-state index in [9.17, 15) is 14.4 Å². The number of rotatable bonds is 6. The highest BCUT2D eigenvalue weighted by Gasteiger charge is 2.26. The summed E-state index contributed by atoms with van der Waals surface area (Å²) >= 11 is 3.45. The van der Waals surface area contributed by atoms with Crippen LogP contribution in [0, 0.1) is 0 Å². The number of benzene rings is 2. The molecule has 9 heteroatoms. The first kappa shape index (κ1) is 25.7. The Labute approximate surface area is 228 Å². The fourth-order valence-electron chi connectivity index (χ4n) is 4.76. The van der Waals surface area contributed by atoms with Crippen molar-refractivity contribution >= 4 is 44.9 Å². The molecule has 2 aromatic carbocycles. The van der Waals surface area contributed by atoms with Gasteiger partial charge in [0, 0.05) is 29.4 Å². The zero-order valence-corrected chi connectivity index (χ0v) is 22.5. The third-order valence-electron chi connectivity index (χ3n) is 6.83. The summed E-state index contributed by atoms with van der Waals surface area (Å²) in [6, 6.07) is 20.4. The number of pyridine rings is 1. The van der Waals surface area contributed by atoms with Crippen molar-refractivity contribution in [3.8, 4) is 0 Å². The molecule has 0 radical (unpaired) electrons. The zero-order chi connectivity index (χ0) is 26.6. The van der Waals surface area contributed by atoms with Gasteiger partial charge in [-0.3, -0.25) is 9.59 Å². The van der Waals surface area contributed by atoms with Gasteiger partial charge in [0.05, 0.1) is 24.6 Å². The minimum Gasteiger partial charge on any atom is -0.465 e. The van der Waals surface area contributed by atoms with Gasteiger partial charge >= 0.3 is 5.97 Å². The Kier molecular flexibility index (Phi) is 7.55. The summed E-state index contributed by atoms with van der Waals surface area (Å²) in [6.07, 6.45) is 3.79. The Bertz CT molecular complexity index is 1470. The number of amides is 2. The Balaban J connectivity index is 1.13. The lowest BCUT2D eigenvalue weighted by Gasteiger charge is -2.31. The van der Waals surface area contributed by atoms with Crippen LogP contribution in [0.1, 0.15) is 50.7 Å². The van der Waals surface area contributed by atoms with Gasteiger partial charge in [-0.2, -0.15) is 5.10 Å². The molecule has 0 aliphatic carbocycles. The van der Waals surface area contributed by atoms with E-state index in [4.69, 9.17) is 4.74 Å². The van der Waals surface area contributed by atoms with Crippen molar-refractivity contribution in [2.75, 3.05) is 25.5 Å². The number of fused-ring (bicyclic) bond motifs is 1. The van der Waals surface area contributed by atoms with Crippen molar-refractivity contribution in [2.45, 2.75) is 25.2 Å². The maximum Gasteiger partial charge on any atom is 0.337 e. The monoisotopic (exact) mass is 574 g/mol. The number of hydrogen-bond donors (Lipinski definition) is 1. The number of carbonyl (C=O) groups excluding carboxylic acids is 3. The van der Waals surface area contributed by atoms with Gasteiger partial charge in [-0.15, -0.1) is 0 Å². The van der Waals surface area contributed by atoms with Crippen LogP contribution in [0.4, 0.5) is 5.69 Å². The van der Waals surface area contributed by atoms with Crippen LogP contribution in [0.3, 0.4) is 0 Å². The van der Waals surface area contributed by atoms with Gasteiger partial charge in [0.1, 0.15) is 0 Å². The van der Waals surface area contributed by atoms with E-state index in [2.05, 4.69) is 26.3 Å². The maximum absolute atomic E-state index is 13.0. The Hall–Kier alpha value is -3.98. The summed E-state index contributed by atoms with van der Waals surface area (Å²) < 4.78 is 7.36. The van der Waals surface area contributed by atoms with Crippen LogP contribution in [0.2, 0.25) is 0 Å². The summed E-state index contributed by atoms with van der Waals surface area (Å²) in [4.78, 5) is 38.9. The second-order valence-electron chi connectivity index (χ2n) is 9.35. The molecule has 4 aromatic rings. The fraction of sp³-hybridized carbons (Fsp3) is 0.241. The number of aromatic nitrogens is 2. The Morgan fingerprint density at radius 2 is 1.71 bits per heavy atom. The van der Waals surface area contributed by atoms with E-state index in [0.29, 0.717) is 30.3 Å². The Morgan fingerprint density at radius 1 is 1.00 bits per heavy atom. The molecule has 0 spiro atoms. The topological polar surface area (TPSA) is 93.0 Å².